The van der Waals surface area contributed by atoms with Crippen molar-refractivity contribution in [3.63, 3.8) is 0 Å². The number of hydrogen-bond acceptors (Lipinski definition) is 5. The smallest absolute Gasteiger partial charge is 0.412 e. The van der Waals surface area contributed by atoms with Crippen molar-refractivity contribution in [2.45, 2.75) is 24.5 Å². The van der Waals surface area contributed by atoms with E-state index in [9.17, 15) is 23.1 Å². The van der Waals surface area contributed by atoms with Crippen molar-refractivity contribution >= 4 is 33.6 Å². The number of benzene rings is 2. The van der Waals surface area contributed by atoms with Crippen LogP contribution < -0.4 is 10.2 Å². The van der Waals surface area contributed by atoms with Crippen molar-refractivity contribution in [2.24, 2.45) is 0 Å². The quantitative estimate of drug-likeness (QED) is 0.510. The van der Waals surface area contributed by atoms with Crippen LogP contribution in [0.15, 0.2) is 82.6 Å². The Morgan fingerprint density at radius 3 is 2.55 bits per heavy atom. The molecule has 2 aromatic carbocycles. The molecule has 0 fully saturated rings. The lowest BCUT2D eigenvalue weighted by Crippen LogP contribution is -2.29. The lowest BCUT2D eigenvalue weighted by molar-refractivity contribution is -0.112. The van der Waals surface area contributed by atoms with E-state index in [1.54, 1.807) is 36.4 Å². The zero-order valence-electron chi connectivity index (χ0n) is 17.5. The van der Waals surface area contributed by atoms with Gasteiger partial charge in [-0.25, -0.2) is 13.2 Å². The molecule has 0 spiro atoms. The first-order chi connectivity index (χ1) is 15.8. The van der Waals surface area contributed by atoms with Gasteiger partial charge in [0.05, 0.1) is 18.0 Å². The fourth-order valence-electron chi connectivity index (χ4n) is 3.54. The van der Waals surface area contributed by atoms with Gasteiger partial charge in [0.2, 0.25) is 15.9 Å². The summed E-state index contributed by atoms with van der Waals surface area (Å²) in [5.74, 6) is 0.231. The van der Waals surface area contributed by atoms with Crippen molar-refractivity contribution < 1.29 is 27.5 Å². The Balaban J connectivity index is 1.55. The molecule has 170 valence electrons. The van der Waals surface area contributed by atoms with Gasteiger partial charge in [0, 0.05) is 23.9 Å². The molecule has 2 N–H and O–H groups in total. The summed E-state index contributed by atoms with van der Waals surface area (Å²) in [6.45, 7) is 3.52. The molecular weight excluding hydrogens is 446 g/mol. The summed E-state index contributed by atoms with van der Waals surface area (Å²) in [6, 6.07) is 16.5. The summed E-state index contributed by atoms with van der Waals surface area (Å²) < 4.78 is 33.3. The number of nitrogens with zero attached hydrogens (tertiary/aromatic N) is 2. The molecule has 0 radical (unpaired) electrons. The fourth-order valence-corrected chi connectivity index (χ4v) is 4.96. The van der Waals surface area contributed by atoms with Gasteiger partial charge in [-0.15, -0.1) is 0 Å². The van der Waals surface area contributed by atoms with Crippen LogP contribution in [0.2, 0.25) is 0 Å². The van der Waals surface area contributed by atoms with Crippen LogP contribution in [0.1, 0.15) is 16.9 Å². The zero-order valence-corrected chi connectivity index (χ0v) is 18.3. The van der Waals surface area contributed by atoms with Crippen LogP contribution in [0.25, 0.3) is 0 Å². The molecule has 33 heavy (non-hydrogen) atoms. The van der Waals surface area contributed by atoms with Gasteiger partial charge in [0.15, 0.2) is 5.88 Å². The van der Waals surface area contributed by atoms with Crippen LogP contribution in [0.4, 0.5) is 16.4 Å². The number of rotatable bonds is 7. The van der Waals surface area contributed by atoms with E-state index in [1.807, 2.05) is 6.07 Å². The Morgan fingerprint density at radius 1 is 1.12 bits per heavy atom. The predicted octanol–water partition coefficient (Wildman–Crippen LogP) is 3.79. The molecule has 2 heterocycles. The molecule has 2 amide bonds. The minimum atomic E-state index is -3.92. The molecule has 10 heteroatoms. The van der Waals surface area contributed by atoms with Crippen molar-refractivity contribution in [1.82, 2.24) is 4.31 Å². The molecular formula is C23H21N3O6S. The van der Waals surface area contributed by atoms with E-state index in [4.69, 9.17) is 4.42 Å². The van der Waals surface area contributed by atoms with Crippen molar-refractivity contribution in [2.75, 3.05) is 10.2 Å². The summed E-state index contributed by atoms with van der Waals surface area (Å²) in [5, 5.41) is 12.2. The normalized spacial score (nSPS) is 13.3. The standard InChI is InChI=1S/C23H21N3O6S/c1-2-21(27)24-22-11-17-14-25(15-20(17)32-22)33(30,31)19-10-6-9-18(12-19)26(23(28)29)13-16-7-4-3-5-8-16/h2-12H,1,13-15H2,(H,24,27)(H,28,29). The predicted molar refractivity (Wildman–Crippen MR) is 121 cm³/mol. The van der Waals surface area contributed by atoms with Crippen LogP contribution in [-0.2, 0) is 34.5 Å². The van der Waals surface area contributed by atoms with Gasteiger partial charge in [-0.05, 0) is 29.8 Å². The first kappa shape index (κ1) is 22.3. The highest BCUT2D eigenvalue weighted by molar-refractivity contribution is 7.89. The maximum absolute atomic E-state index is 13.2. The van der Waals surface area contributed by atoms with Gasteiger partial charge in [-0.1, -0.05) is 43.0 Å². The highest BCUT2D eigenvalue weighted by Gasteiger charge is 2.34. The molecule has 1 aliphatic heterocycles. The van der Waals surface area contributed by atoms with Crippen LogP contribution in [0.5, 0.6) is 0 Å². The lowest BCUT2D eigenvalue weighted by Gasteiger charge is -2.21. The second kappa shape index (κ2) is 8.93. The number of furan rings is 1. The molecule has 0 aliphatic carbocycles. The number of carboxylic acid groups (broad SMARTS) is 1. The zero-order chi connectivity index (χ0) is 23.6. The van der Waals surface area contributed by atoms with Crippen LogP contribution >= 0.6 is 0 Å². The first-order valence-corrected chi connectivity index (χ1v) is 11.4. The Bertz CT molecular complexity index is 1290. The minimum Gasteiger partial charge on any atom is -0.465 e. The molecule has 1 aliphatic rings. The van der Waals surface area contributed by atoms with Crippen LogP contribution in [0, 0.1) is 0 Å². The van der Waals surface area contributed by atoms with E-state index < -0.39 is 22.0 Å². The summed E-state index contributed by atoms with van der Waals surface area (Å²) in [5.41, 5.74) is 1.67. The Kier molecular flexibility index (Phi) is 6.03. The van der Waals surface area contributed by atoms with E-state index in [-0.39, 0.29) is 36.1 Å². The molecule has 0 saturated heterocycles. The summed E-state index contributed by atoms with van der Waals surface area (Å²) in [7, 11) is -3.92. The van der Waals surface area contributed by atoms with Gasteiger partial charge in [-0.2, -0.15) is 4.31 Å². The Hall–Kier alpha value is -3.89. The third-order valence-electron chi connectivity index (χ3n) is 5.18. The third kappa shape index (κ3) is 4.66. The van der Waals surface area contributed by atoms with E-state index in [1.165, 1.54) is 22.5 Å². The Morgan fingerprint density at radius 2 is 1.88 bits per heavy atom. The molecule has 3 aromatic rings. The van der Waals surface area contributed by atoms with E-state index >= 15 is 0 Å². The number of nitrogens with one attached hydrogen (secondary N) is 1. The highest BCUT2D eigenvalue weighted by Crippen LogP contribution is 2.33. The Labute approximate surface area is 190 Å². The average Bonchev–Trinajstić information content (AvgIpc) is 3.37. The van der Waals surface area contributed by atoms with E-state index in [0.29, 0.717) is 11.3 Å². The molecule has 0 atom stereocenters. The van der Waals surface area contributed by atoms with Crippen LogP contribution in [0.3, 0.4) is 0 Å². The van der Waals surface area contributed by atoms with Crippen LogP contribution in [-0.4, -0.2) is 29.8 Å². The van der Waals surface area contributed by atoms with Gasteiger partial charge in [0.25, 0.3) is 0 Å². The molecule has 0 bridgehead atoms. The van der Waals surface area contributed by atoms with Gasteiger partial charge < -0.3 is 9.52 Å². The van der Waals surface area contributed by atoms with Gasteiger partial charge in [0.1, 0.15) is 5.76 Å². The first-order valence-electron chi connectivity index (χ1n) is 9.97. The number of sulfonamides is 1. The monoisotopic (exact) mass is 467 g/mol. The second-order valence-electron chi connectivity index (χ2n) is 7.38. The van der Waals surface area contributed by atoms with Crippen molar-refractivity contribution in [1.29, 1.82) is 0 Å². The van der Waals surface area contributed by atoms with Gasteiger partial charge in [-0.3, -0.25) is 15.0 Å². The summed E-state index contributed by atoms with van der Waals surface area (Å²) >= 11 is 0. The molecule has 0 unspecified atom stereocenters. The SMILES string of the molecule is C=CC(=O)Nc1cc2c(o1)CN(S(=O)(=O)c1cccc(N(Cc3ccccc3)C(=O)O)c1)C2. The van der Waals surface area contributed by atoms with Crippen molar-refractivity contribution in [3.05, 3.63) is 90.2 Å². The minimum absolute atomic E-state index is 0.00147. The fraction of sp³-hybridized carbons (Fsp3) is 0.130. The molecule has 4 rings (SSSR count). The molecule has 9 nitrogen and oxygen atoms in total. The number of anilines is 2. The lowest BCUT2D eigenvalue weighted by atomic mass is 10.2. The summed E-state index contributed by atoms with van der Waals surface area (Å²) in [6.07, 6.45) is -0.0851. The highest BCUT2D eigenvalue weighted by atomic mass is 32.2. The summed E-state index contributed by atoms with van der Waals surface area (Å²) in [4.78, 5) is 24.4. The molecule has 0 saturated carbocycles. The molecule has 1 aromatic heterocycles. The number of hydrogen-bond donors (Lipinski definition) is 2. The number of carbonyl (C=O) groups is 2. The largest absolute Gasteiger partial charge is 0.465 e. The second-order valence-corrected chi connectivity index (χ2v) is 9.32. The third-order valence-corrected chi connectivity index (χ3v) is 6.96. The van der Waals surface area contributed by atoms with E-state index in [2.05, 4.69) is 11.9 Å². The van der Waals surface area contributed by atoms with Gasteiger partial charge >= 0.3 is 6.09 Å². The number of fused-ring (bicyclic) bond motifs is 1. The number of amides is 2. The van der Waals surface area contributed by atoms with Crippen molar-refractivity contribution in [3.8, 4) is 0 Å². The maximum atomic E-state index is 13.2. The average molecular weight is 468 g/mol. The number of carbonyl (C=O) groups excluding carboxylic acids is 1. The van der Waals surface area contributed by atoms with E-state index in [0.717, 1.165) is 16.5 Å². The maximum Gasteiger partial charge on any atom is 0.412 e. The topological polar surface area (TPSA) is 120 Å².